The summed E-state index contributed by atoms with van der Waals surface area (Å²) in [7, 11) is 0. The summed E-state index contributed by atoms with van der Waals surface area (Å²) in [5, 5.41) is 20.9. The van der Waals surface area contributed by atoms with Gasteiger partial charge < -0.3 is 5.11 Å². The van der Waals surface area contributed by atoms with Gasteiger partial charge in [0, 0.05) is 35.3 Å². The molecule has 0 fully saturated rings. The first-order valence-corrected chi connectivity index (χ1v) is 7.08. The van der Waals surface area contributed by atoms with Gasteiger partial charge in [-0.1, -0.05) is 48.9 Å². The number of nitro benzene ring substituents is 1. The van der Waals surface area contributed by atoms with Crippen molar-refractivity contribution in [3.8, 4) is 5.75 Å². The molecule has 0 aliphatic carbocycles. The molecule has 1 N–H and O–H groups in total. The van der Waals surface area contributed by atoms with Gasteiger partial charge in [0.25, 0.3) is 0 Å². The molecule has 0 unspecified atom stereocenters. The van der Waals surface area contributed by atoms with Gasteiger partial charge in [0.2, 0.25) is 5.75 Å². The second-order valence-corrected chi connectivity index (χ2v) is 5.36. The molecule has 22 heavy (non-hydrogen) atoms. The van der Waals surface area contributed by atoms with Crippen LogP contribution in [0.15, 0.2) is 47.5 Å². The number of aliphatic imine (C=N–C) groups is 1. The van der Waals surface area contributed by atoms with Crippen LogP contribution in [0.3, 0.4) is 0 Å². The predicted molar refractivity (Wildman–Crippen MR) is 87.1 cm³/mol. The molecule has 0 bridgehead atoms. The van der Waals surface area contributed by atoms with Crippen LogP contribution in [0.25, 0.3) is 0 Å². The van der Waals surface area contributed by atoms with Crippen molar-refractivity contribution < 1.29 is 10.0 Å². The summed E-state index contributed by atoms with van der Waals surface area (Å²) in [5.74, 6) is -0.223. The molecular formula is C16H15ClN2O3. The van der Waals surface area contributed by atoms with Crippen LogP contribution in [0.2, 0.25) is 5.02 Å². The molecule has 0 saturated carbocycles. The number of aromatic hydroxyl groups is 1. The van der Waals surface area contributed by atoms with E-state index in [2.05, 4.69) is 4.99 Å². The molecule has 1 atom stereocenters. The van der Waals surface area contributed by atoms with Crippen LogP contribution < -0.4 is 0 Å². The molecule has 0 amide bonds. The Morgan fingerprint density at radius 1 is 1.36 bits per heavy atom. The molecule has 2 aromatic carbocycles. The highest BCUT2D eigenvalue weighted by atomic mass is 35.5. The van der Waals surface area contributed by atoms with Crippen molar-refractivity contribution in [1.29, 1.82) is 0 Å². The van der Waals surface area contributed by atoms with Crippen molar-refractivity contribution in [3.63, 3.8) is 0 Å². The highest BCUT2D eigenvalue weighted by Crippen LogP contribution is 2.32. The van der Waals surface area contributed by atoms with Crippen LogP contribution in [-0.4, -0.2) is 22.8 Å². The van der Waals surface area contributed by atoms with Gasteiger partial charge in [0.05, 0.1) is 4.92 Å². The number of nitro groups is 1. The third kappa shape index (κ3) is 3.83. The first-order chi connectivity index (χ1) is 10.5. The number of rotatable bonds is 5. The molecule has 6 heteroatoms. The molecule has 114 valence electrons. The summed E-state index contributed by atoms with van der Waals surface area (Å²) >= 11 is 5.83. The van der Waals surface area contributed by atoms with E-state index in [0.29, 0.717) is 6.54 Å². The van der Waals surface area contributed by atoms with Crippen LogP contribution in [0.4, 0.5) is 5.69 Å². The van der Waals surface area contributed by atoms with E-state index in [1.54, 1.807) is 0 Å². The lowest BCUT2D eigenvalue weighted by Gasteiger charge is -2.08. The molecule has 2 aromatic rings. The zero-order valence-corrected chi connectivity index (χ0v) is 12.7. The minimum Gasteiger partial charge on any atom is -0.502 e. The van der Waals surface area contributed by atoms with Gasteiger partial charge in [-0.05, 0) is 11.6 Å². The Labute approximate surface area is 133 Å². The molecule has 5 nitrogen and oxygen atoms in total. The Hall–Kier alpha value is -2.40. The normalized spacial score (nSPS) is 12.5. The first-order valence-electron chi connectivity index (χ1n) is 6.70. The SMILES string of the molecule is C[C@H](CN=Cc1cc(Cl)cc([N+](=O)[O-])c1O)c1ccccc1. The summed E-state index contributed by atoms with van der Waals surface area (Å²) in [6.07, 6.45) is 1.41. The Morgan fingerprint density at radius 2 is 2.05 bits per heavy atom. The van der Waals surface area contributed by atoms with Gasteiger partial charge in [-0.3, -0.25) is 15.1 Å². The second-order valence-electron chi connectivity index (χ2n) is 4.93. The average Bonchev–Trinajstić information content (AvgIpc) is 2.50. The summed E-state index contributed by atoms with van der Waals surface area (Å²) in [5.41, 5.74) is 0.963. The lowest BCUT2D eigenvalue weighted by Crippen LogP contribution is -1.98. The molecule has 2 rings (SSSR count). The highest BCUT2D eigenvalue weighted by Gasteiger charge is 2.17. The van der Waals surface area contributed by atoms with Crippen molar-refractivity contribution in [2.75, 3.05) is 6.54 Å². The van der Waals surface area contributed by atoms with Gasteiger partial charge in [-0.15, -0.1) is 0 Å². The van der Waals surface area contributed by atoms with E-state index < -0.39 is 16.4 Å². The molecule has 0 aliphatic heterocycles. The maximum Gasteiger partial charge on any atom is 0.312 e. The Balaban J connectivity index is 2.15. The third-order valence-corrected chi connectivity index (χ3v) is 3.48. The highest BCUT2D eigenvalue weighted by molar-refractivity contribution is 6.31. The number of benzene rings is 2. The zero-order valence-electron chi connectivity index (χ0n) is 11.9. The van der Waals surface area contributed by atoms with Crippen LogP contribution in [0.5, 0.6) is 5.75 Å². The van der Waals surface area contributed by atoms with Gasteiger partial charge in [0.1, 0.15) is 0 Å². The largest absolute Gasteiger partial charge is 0.502 e. The smallest absolute Gasteiger partial charge is 0.312 e. The maximum absolute atomic E-state index is 10.8. The van der Waals surface area contributed by atoms with Crippen molar-refractivity contribution in [1.82, 2.24) is 0 Å². The minimum atomic E-state index is -0.675. The Kier molecular flexibility index (Phi) is 5.12. The van der Waals surface area contributed by atoms with Crippen molar-refractivity contribution >= 4 is 23.5 Å². The van der Waals surface area contributed by atoms with E-state index in [0.717, 1.165) is 11.6 Å². The average molecular weight is 319 g/mol. The number of phenols is 1. The number of nitrogens with zero attached hydrogens (tertiary/aromatic N) is 2. The van der Waals surface area contributed by atoms with E-state index in [1.807, 2.05) is 37.3 Å². The van der Waals surface area contributed by atoms with E-state index >= 15 is 0 Å². The minimum absolute atomic E-state index is 0.182. The van der Waals surface area contributed by atoms with E-state index in [9.17, 15) is 15.2 Å². The molecule has 0 saturated heterocycles. The van der Waals surface area contributed by atoms with Crippen LogP contribution in [0.1, 0.15) is 24.0 Å². The molecule has 0 aliphatic rings. The van der Waals surface area contributed by atoms with Crippen molar-refractivity contribution in [2.45, 2.75) is 12.8 Å². The topological polar surface area (TPSA) is 75.7 Å². The second kappa shape index (κ2) is 7.04. The summed E-state index contributed by atoms with van der Waals surface area (Å²) < 4.78 is 0. The lowest BCUT2D eigenvalue weighted by atomic mass is 10.0. The monoisotopic (exact) mass is 318 g/mol. The molecule has 0 aromatic heterocycles. The molecule has 0 spiro atoms. The van der Waals surface area contributed by atoms with E-state index in [-0.39, 0.29) is 16.5 Å². The fraction of sp³-hybridized carbons (Fsp3) is 0.188. The zero-order chi connectivity index (χ0) is 16.1. The fourth-order valence-corrected chi connectivity index (χ4v) is 2.26. The molecular weight excluding hydrogens is 304 g/mol. The van der Waals surface area contributed by atoms with Crippen LogP contribution in [0, 0.1) is 10.1 Å². The molecule has 0 radical (unpaired) electrons. The number of hydrogen-bond acceptors (Lipinski definition) is 4. The van der Waals surface area contributed by atoms with Crippen LogP contribution >= 0.6 is 11.6 Å². The third-order valence-electron chi connectivity index (χ3n) is 3.26. The maximum atomic E-state index is 10.8. The standard InChI is InChI=1S/C16H15ClN2O3/c1-11(12-5-3-2-4-6-12)9-18-10-13-7-14(17)8-15(16(13)20)19(21)22/h2-8,10-11,20H,9H2,1H3/t11-/m1/s1. The summed E-state index contributed by atoms with van der Waals surface area (Å²) in [4.78, 5) is 14.4. The van der Waals surface area contributed by atoms with Crippen LogP contribution in [-0.2, 0) is 0 Å². The predicted octanol–water partition coefficient (Wildman–Crippen LogP) is 4.18. The first kappa shape index (κ1) is 16.0. The fourth-order valence-electron chi connectivity index (χ4n) is 2.04. The van der Waals surface area contributed by atoms with Crippen molar-refractivity contribution in [2.24, 2.45) is 4.99 Å². The lowest BCUT2D eigenvalue weighted by molar-refractivity contribution is -0.385. The summed E-state index contributed by atoms with van der Waals surface area (Å²) in [6, 6.07) is 12.5. The van der Waals surface area contributed by atoms with Gasteiger partial charge in [-0.25, -0.2) is 0 Å². The quantitative estimate of drug-likeness (QED) is 0.510. The summed E-state index contributed by atoms with van der Waals surface area (Å²) in [6.45, 7) is 2.54. The number of halogens is 1. The Bertz CT molecular complexity index is 702. The van der Waals surface area contributed by atoms with Gasteiger partial charge in [0.15, 0.2) is 0 Å². The number of phenolic OH excluding ortho intramolecular Hbond substituents is 1. The van der Waals surface area contributed by atoms with E-state index in [1.165, 1.54) is 12.3 Å². The number of hydrogen-bond donors (Lipinski definition) is 1. The van der Waals surface area contributed by atoms with Gasteiger partial charge in [-0.2, -0.15) is 0 Å². The van der Waals surface area contributed by atoms with Gasteiger partial charge >= 0.3 is 5.69 Å². The Morgan fingerprint density at radius 3 is 2.68 bits per heavy atom. The van der Waals surface area contributed by atoms with E-state index in [4.69, 9.17) is 11.6 Å². The van der Waals surface area contributed by atoms with Crippen molar-refractivity contribution in [3.05, 3.63) is 68.7 Å². The molecule has 0 heterocycles.